The van der Waals surface area contributed by atoms with Crippen molar-refractivity contribution in [3.63, 3.8) is 0 Å². The minimum absolute atomic E-state index is 0.300. The number of piperidine rings is 1. The number of hydrogen-bond donors (Lipinski definition) is 1. The maximum atomic E-state index is 11.0. The van der Waals surface area contributed by atoms with Gasteiger partial charge in [0, 0.05) is 12.6 Å². The van der Waals surface area contributed by atoms with Gasteiger partial charge in [0.25, 0.3) is 0 Å². The molecule has 4 nitrogen and oxygen atoms in total. The lowest BCUT2D eigenvalue weighted by Gasteiger charge is -2.32. The lowest BCUT2D eigenvalue weighted by atomic mass is 10.0. The van der Waals surface area contributed by atoms with Crippen molar-refractivity contribution in [3.05, 3.63) is 0 Å². The van der Waals surface area contributed by atoms with Gasteiger partial charge in [-0.3, -0.25) is 0 Å². The van der Waals surface area contributed by atoms with E-state index in [-0.39, 0.29) is 6.09 Å². The Hall–Kier alpha value is -0.770. The van der Waals surface area contributed by atoms with Crippen LogP contribution in [0.1, 0.15) is 26.2 Å². The molecule has 1 atom stereocenters. The van der Waals surface area contributed by atoms with Gasteiger partial charge in [-0.1, -0.05) is 6.42 Å². The first-order chi connectivity index (χ1) is 6.74. The minimum atomic E-state index is -0.300. The summed E-state index contributed by atoms with van der Waals surface area (Å²) < 4.78 is 4.80. The summed E-state index contributed by atoms with van der Waals surface area (Å²) >= 11 is 0. The van der Waals surface area contributed by atoms with Crippen LogP contribution in [0.3, 0.4) is 0 Å². The summed E-state index contributed by atoms with van der Waals surface area (Å²) in [5.74, 6) is 0. The Morgan fingerprint density at radius 2 is 2.36 bits per heavy atom. The molecule has 1 heterocycles. The van der Waals surface area contributed by atoms with Crippen LogP contribution < -0.4 is 5.32 Å². The molecule has 1 rings (SSSR count). The Balaban J connectivity index is 2.19. The molecule has 1 unspecified atom stereocenters. The number of nitrogens with one attached hydrogen (secondary N) is 1. The van der Waals surface area contributed by atoms with E-state index in [1.54, 1.807) is 0 Å². The number of hydrogen-bond acceptors (Lipinski definition) is 3. The number of likely N-dealkylation sites (N-methyl/N-ethyl adjacent to an activating group) is 1. The maximum Gasteiger partial charge on any atom is 0.407 e. The molecular formula is C10H20N2O2. The third-order valence-corrected chi connectivity index (χ3v) is 2.68. The number of rotatable bonds is 3. The van der Waals surface area contributed by atoms with Crippen molar-refractivity contribution in [2.75, 3.05) is 26.7 Å². The van der Waals surface area contributed by atoms with E-state index >= 15 is 0 Å². The molecule has 0 saturated carbocycles. The molecule has 82 valence electrons. The fourth-order valence-corrected chi connectivity index (χ4v) is 1.79. The molecule has 1 saturated heterocycles. The van der Waals surface area contributed by atoms with Crippen molar-refractivity contribution in [2.45, 2.75) is 32.2 Å². The third-order valence-electron chi connectivity index (χ3n) is 2.68. The number of ether oxygens (including phenoxy) is 1. The van der Waals surface area contributed by atoms with Gasteiger partial charge in [0.1, 0.15) is 0 Å². The van der Waals surface area contributed by atoms with Crippen molar-refractivity contribution in [3.8, 4) is 0 Å². The maximum absolute atomic E-state index is 11.0. The van der Waals surface area contributed by atoms with E-state index in [0.29, 0.717) is 19.2 Å². The Labute approximate surface area is 85.6 Å². The van der Waals surface area contributed by atoms with Crippen LogP contribution >= 0.6 is 0 Å². The van der Waals surface area contributed by atoms with Crippen molar-refractivity contribution in [2.24, 2.45) is 0 Å². The van der Waals surface area contributed by atoms with Crippen LogP contribution in [0.15, 0.2) is 0 Å². The molecule has 0 aromatic carbocycles. The molecule has 0 aromatic rings. The van der Waals surface area contributed by atoms with Crippen molar-refractivity contribution >= 4 is 6.09 Å². The molecule has 1 amide bonds. The van der Waals surface area contributed by atoms with Crippen LogP contribution in [-0.4, -0.2) is 43.8 Å². The first-order valence-corrected chi connectivity index (χ1v) is 5.35. The third kappa shape index (κ3) is 3.54. The predicted octanol–water partition coefficient (Wildman–Crippen LogP) is 1.22. The molecule has 1 aliphatic heterocycles. The molecule has 1 aliphatic rings. The van der Waals surface area contributed by atoms with Crippen LogP contribution in [0.4, 0.5) is 4.79 Å². The summed E-state index contributed by atoms with van der Waals surface area (Å²) in [4.78, 5) is 13.3. The van der Waals surface area contributed by atoms with Crippen molar-refractivity contribution in [1.82, 2.24) is 10.2 Å². The number of amides is 1. The predicted molar refractivity (Wildman–Crippen MR) is 55.3 cm³/mol. The Morgan fingerprint density at radius 3 is 3.00 bits per heavy atom. The summed E-state index contributed by atoms with van der Waals surface area (Å²) in [6.07, 6.45) is 3.40. The van der Waals surface area contributed by atoms with Gasteiger partial charge in [0.15, 0.2) is 0 Å². The van der Waals surface area contributed by atoms with E-state index in [1.165, 1.54) is 19.3 Å². The van der Waals surface area contributed by atoms with E-state index in [2.05, 4.69) is 17.3 Å². The number of carbonyl (C=O) groups excluding carboxylic acids is 1. The number of carbonyl (C=O) groups is 1. The fourth-order valence-electron chi connectivity index (χ4n) is 1.79. The number of alkyl carbamates (subject to hydrolysis) is 1. The van der Waals surface area contributed by atoms with Crippen LogP contribution in [0.5, 0.6) is 0 Å². The average molecular weight is 200 g/mol. The van der Waals surface area contributed by atoms with Crippen molar-refractivity contribution in [1.29, 1.82) is 0 Å². The normalized spacial score (nSPS) is 23.1. The monoisotopic (exact) mass is 200 g/mol. The van der Waals surface area contributed by atoms with Crippen LogP contribution in [-0.2, 0) is 4.74 Å². The fraction of sp³-hybridized carbons (Fsp3) is 0.900. The molecule has 14 heavy (non-hydrogen) atoms. The number of nitrogens with zero attached hydrogens (tertiary/aromatic N) is 1. The molecule has 0 radical (unpaired) electrons. The van der Waals surface area contributed by atoms with Gasteiger partial charge < -0.3 is 15.0 Å². The molecule has 1 fully saturated rings. The van der Waals surface area contributed by atoms with Gasteiger partial charge in [-0.2, -0.15) is 0 Å². The molecule has 0 aliphatic carbocycles. The van der Waals surface area contributed by atoms with Crippen LogP contribution in [0.2, 0.25) is 0 Å². The average Bonchev–Trinajstić information content (AvgIpc) is 2.17. The van der Waals surface area contributed by atoms with Crippen LogP contribution in [0, 0.1) is 0 Å². The van der Waals surface area contributed by atoms with Gasteiger partial charge in [-0.25, -0.2) is 4.79 Å². The van der Waals surface area contributed by atoms with Gasteiger partial charge in [-0.05, 0) is 33.4 Å². The summed E-state index contributed by atoms with van der Waals surface area (Å²) in [5, 5.41) is 2.78. The standard InChI is InChI=1S/C10H20N2O2/c1-3-14-10(13)11-8-9-6-4-5-7-12(9)2/h9H,3-8H2,1-2H3,(H,11,13). The highest BCUT2D eigenvalue weighted by Gasteiger charge is 2.19. The quantitative estimate of drug-likeness (QED) is 0.744. The second-order valence-corrected chi connectivity index (χ2v) is 3.73. The zero-order chi connectivity index (χ0) is 10.4. The Morgan fingerprint density at radius 1 is 1.57 bits per heavy atom. The van der Waals surface area contributed by atoms with Gasteiger partial charge in [0.2, 0.25) is 0 Å². The molecule has 0 bridgehead atoms. The molecular weight excluding hydrogens is 180 g/mol. The second kappa shape index (κ2) is 5.86. The summed E-state index contributed by atoms with van der Waals surface area (Å²) in [5.41, 5.74) is 0. The van der Waals surface area contributed by atoms with Gasteiger partial charge in [-0.15, -0.1) is 0 Å². The van der Waals surface area contributed by atoms with E-state index in [9.17, 15) is 4.79 Å². The lowest BCUT2D eigenvalue weighted by Crippen LogP contribution is -2.44. The SMILES string of the molecule is CCOC(=O)NCC1CCCCN1C. The van der Waals surface area contributed by atoms with Gasteiger partial charge >= 0.3 is 6.09 Å². The van der Waals surface area contributed by atoms with Crippen molar-refractivity contribution < 1.29 is 9.53 Å². The highest BCUT2D eigenvalue weighted by Crippen LogP contribution is 2.13. The Bertz CT molecular complexity index is 185. The molecule has 1 N–H and O–H groups in total. The van der Waals surface area contributed by atoms with E-state index in [0.717, 1.165) is 6.54 Å². The minimum Gasteiger partial charge on any atom is -0.450 e. The summed E-state index contributed by atoms with van der Waals surface area (Å²) in [6.45, 7) is 4.09. The molecule has 0 spiro atoms. The summed E-state index contributed by atoms with van der Waals surface area (Å²) in [6, 6.07) is 0.480. The Kier molecular flexibility index (Phi) is 4.73. The van der Waals surface area contributed by atoms with E-state index < -0.39 is 0 Å². The smallest absolute Gasteiger partial charge is 0.407 e. The zero-order valence-corrected chi connectivity index (χ0v) is 9.08. The molecule has 4 heteroatoms. The largest absolute Gasteiger partial charge is 0.450 e. The summed E-state index contributed by atoms with van der Waals surface area (Å²) in [7, 11) is 2.11. The number of likely N-dealkylation sites (tertiary alicyclic amines) is 1. The van der Waals surface area contributed by atoms with E-state index in [4.69, 9.17) is 4.74 Å². The van der Waals surface area contributed by atoms with E-state index in [1.807, 2.05) is 6.92 Å². The second-order valence-electron chi connectivity index (χ2n) is 3.73. The van der Waals surface area contributed by atoms with Gasteiger partial charge in [0.05, 0.1) is 6.61 Å². The topological polar surface area (TPSA) is 41.6 Å². The zero-order valence-electron chi connectivity index (χ0n) is 9.08. The lowest BCUT2D eigenvalue weighted by molar-refractivity contribution is 0.140. The first kappa shape index (κ1) is 11.3. The van der Waals surface area contributed by atoms with Crippen LogP contribution in [0.25, 0.3) is 0 Å². The first-order valence-electron chi connectivity index (χ1n) is 5.35. The highest BCUT2D eigenvalue weighted by molar-refractivity contribution is 5.67. The molecule has 0 aromatic heterocycles. The highest BCUT2D eigenvalue weighted by atomic mass is 16.5.